The van der Waals surface area contributed by atoms with Crippen LogP contribution < -0.4 is 10.2 Å². The van der Waals surface area contributed by atoms with Crippen molar-refractivity contribution in [1.82, 2.24) is 10.4 Å². The summed E-state index contributed by atoms with van der Waals surface area (Å²) in [6, 6.07) is 11.1. The molecule has 0 bridgehead atoms. The number of hydrogen-bond donors (Lipinski definition) is 1. The van der Waals surface area contributed by atoms with Gasteiger partial charge in [-0.3, -0.25) is 15.2 Å². The number of methoxy groups -OCH3 is 1. The number of hydrogen-bond acceptors (Lipinski definition) is 5. The lowest BCUT2D eigenvalue weighted by atomic mass is 9.76. The largest absolute Gasteiger partial charge is 0.496 e. The fourth-order valence-electron chi connectivity index (χ4n) is 2.90. The highest BCUT2D eigenvalue weighted by molar-refractivity contribution is 5.85. The Labute approximate surface area is 135 Å². The zero-order valence-electron chi connectivity index (χ0n) is 13.1. The Kier molecular flexibility index (Phi) is 4.88. The molecule has 1 saturated heterocycles. The van der Waals surface area contributed by atoms with Crippen LogP contribution in [-0.4, -0.2) is 24.6 Å². The minimum Gasteiger partial charge on any atom is -0.496 e. The van der Waals surface area contributed by atoms with E-state index in [-0.39, 0.29) is 5.91 Å². The van der Waals surface area contributed by atoms with Crippen LogP contribution in [0, 0.1) is 34.5 Å². The lowest BCUT2D eigenvalue weighted by molar-refractivity contribution is -0.132. The number of nitrogens with one attached hydrogen (secondary N) is 1. The molecular weight excluding hydrogens is 292 g/mol. The quantitative estimate of drug-likeness (QED) is 0.897. The van der Waals surface area contributed by atoms with Gasteiger partial charge in [-0.05, 0) is 13.0 Å². The lowest BCUT2D eigenvalue weighted by Crippen LogP contribution is -2.35. The fraction of sp³-hybridized carbons (Fsp3) is 0.353. The van der Waals surface area contributed by atoms with Gasteiger partial charge in [-0.2, -0.15) is 10.5 Å². The average molecular weight is 310 g/mol. The summed E-state index contributed by atoms with van der Waals surface area (Å²) in [5.41, 5.74) is 4.07. The molecule has 1 N–H and O–H groups in total. The molecule has 0 spiro atoms. The van der Waals surface area contributed by atoms with Crippen molar-refractivity contribution in [3.8, 4) is 17.9 Å². The van der Waals surface area contributed by atoms with Crippen LogP contribution >= 0.6 is 0 Å². The maximum atomic E-state index is 12.6. The molecule has 1 aliphatic heterocycles. The van der Waals surface area contributed by atoms with E-state index in [0.29, 0.717) is 23.6 Å². The van der Waals surface area contributed by atoms with Gasteiger partial charge < -0.3 is 4.74 Å². The van der Waals surface area contributed by atoms with Gasteiger partial charge in [-0.25, -0.2) is 0 Å². The van der Waals surface area contributed by atoms with Crippen molar-refractivity contribution >= 4 is 5.91 Å². The topological polar surface area (TPSA) is 89.2 Å². The normalized spacial score (nSPS) is 18.3. The number of carbonyl (C=O) groups excluding carboxylic acids is 1. The Morgan fingerprint density at radius 3 is 2.57 bits per heavy atom. The molecule has 23 heavy (non-hydrogen) atoms. The fourth-order valence-corrected chi connectivity index (χ4v) is 2.90. The summed E-state index contributed by atoms with van der Waals surface area (Å²) in [4.78, 5) is 12.6. The van der Waals surface area contributed by atoms with Crippen LogP contribution in [0.1, 0.15) is 18.4 Å². The van der Waals surface area contributed by atoms with Crippen LogP contribution in [0.2, 0.25) is 0 Å². The van der Waals surface area contributed by atoms with E-state index in [9.17, 15) is 15.3 Å². The molecule has 1 amide bonds. The maximum absolute atomic E-state index is 12.6. The lowest BCUT2D eigenvalue weighted by Gasteiger charge is -2.24. The first kappa shape index (κ1) is 16.4. The Balaban J connectivity index is 2.57. The molecule has 2 atom stereocenters. The molecule has 0 unspecified atom stereocenters. The number of amides is 1. The van der Waals surface area contributed by atoms with Crippen molar-refractivity contribution in [2.24, 2.45) is 11.8 Å². The number of rotatable bonds is 5. The van der Waals surface area contributed by atoms with Crippen molar-refractivity contribution in [2.75, 3.05) is 13.7 Å². The number of nitrogens with zero attached hydrogens (tertiary/aromatic N) is 3. The number of ether oxygens (including phenoxy) is 1. The molecule has 2 rings (SSSR count). The van der Waals surface area contributed by atoms with Gasteiger partial charge in [0.1, 0.15) is 11.7 Å². The third-order valence-corrected chi connectivity index (χ3v) is 4.00. The van der Waals surface area contributed by atoms with E-state index in [0.717, 1.165) is 0 Å². The molecule has 1 aromatic carbocycles. The summed E-state index contributed by atoms with van der Waals surface area (Å²) in [6.45, 7) is 6.21. The summed E-state index contributed by atoms with van der Waals surface area (Å²) >= 11 is 0. The summed E-state index contributed by atoms with van der Waals surface area (Å²) in [7, 11) is 1.52. The van der Waals surface area contributed by atoms with Gasteiger partial charge in [0.2, 0.25) is 0 Å². The van der Waals surface area contributed by atoms with Crippen molar-refractivity contribution in [3.63, 3.8) is 0 Å². The highest BCUT2D eigenvalue weighted by Crippen LogP contribution is 2.42. The van der Waals surface area contributed by atoms with Crippen molar-refractivity contribution < 1.29 is 9.53 Å². The van der Waals surface area contributed by atoms with E-state index in [4.69, 9.17) is 4.74 Å². The summed E-state index contributed by atoms with van der Waals surface area (Å²) in [6.07, 6.45) is 0. The second-order valence-corrected chi connectivity index (χ2v) is 5.20. The van der Waals surface area contributed by atoms with Gasteiger partial charge in [-0.15, -0.1) is 0 Å². The maximum Gasteiger partial charge on any atom is 0.250 e. The Morgan fingerprint density at radius 2 is 2.04 bits per heavy atom. The molecule has 1 fully saturated rings. The number of para-hydroxylation sites is 1. The first-order valence-electron chi connectivity index (χ1n) is 7.28. The highest BCUT2D eigenvalue weighted by atomic mass is 16.5. The summed E-state index contributed by atoms with van der Waals surface area (Å²) in [5.74, 6) is -1.97. The number of benzene rings is 1. The number of carbonyl (C=O) groups is 1. The highest BCUT2D eigenvalue weighted by Gasteiger charge is 2.45. The molecule has 0 aromatic heterocycles. The molecule has 0 aliphatic carbocycles. The van der Waals surface area contributed by atoms with Gasteiger partial charge in [0, 0.05) is 23.7 Å². The van der Waals surface area contributed by atoms with Crippen molar-refractivity contribution in [3.05, 3.63) is 42.1 Å². The molecule has 6 heteroatoms. The first-order valence-corrected chi connectivity index (χ1v) is 7.28. The van der Waals surface area contributed by atoms with E-state index < -0.39 is 17.8 Å². The third kappa shape index (κ3) is 2.84. The van der Waals surface area contributed by atoms with E-state index >= 15 is 0 Å². The Morgan fingerprint density at radius 1 is 1.39 bits per heavy atom. The van der Waals surface area contributed by atoms with Crippen LogP contribution in [0.3, 0.4) is 0 Å². The summed E-state index contributed by atoms with van der Waals surface area (Å²) < 4.78 is 5.35. The van der Waals surface area contributed by atoms with Crippen LogP contribution in [0.25, 0.3) is 0 Å². The van der Waals surface area contributed by atoms with Crippen molar-refractivity contribution in [2.45, 2.75) is 12.8 Å². The monoisotopic (exact) mass is 310 g/mol. The molecule has 1 heterocycles. The molecular formula is C17H18N4O2. The van der Waals surface area contributed by atoms with Crippen LogP contribution in [-0.2, 0) is 4.79 Å². The van der Waals surface area contributed by atoms with Crippen LogP contribution in [0.5, 0.6) is 5.75 Å². The second-order valence-electron chi connectivity index (χ2n) is 5.20. The standard InChI is InChI=1S/C17H18N4O2/c1-4-21-17(22)15(11(2)20-21)16(12(9-18)10-19)13-7-5-6-8-14(13)23-3/h5-8,12,15-16,20H,2,4H2,1,3H3/t15-,16+/m0/s1. The SMILES string of the molecule is C=C1NN(CC)C(=O)[C@@H]1[C@@H](c1ccccc1OC)C(C#N)C#N. The van der Waals surface area contributed by atoms with Gasteiger partial charge >= 0.3 is 0 Å². The van der Waals surface area contributed by atoms with E-state index in [2.05, 4.69) is 12.0 Å². The summed E-state index contributed by atoms with van der Waals surface area (Å²) in [5, 5.41) is 20.2. The minimum atomic E-state index is -0.990. The van der Waals surface area contributed by atoms with Gasteiger partial charge in [0.25, 0.3) is 5.91 Å². The number of hydrazine groups is 1. The van der Waals surface area contributed by atoms with Gasteiger partial charge in [0.05, 0.1) is 25.2 Å². The predicted octanol–water partition coefficient (Wildman–Crippen LogP) is 1.94. The molecule has 0 saturated carbocycles. The van der Waals surface area contributed by atoms with E-state index in [1.54, 1.807) is 24.3 Å². The van der Waals surface area contributed by atoms with Crippen molar-refractivity contribution in [1.29, 1.82) is 10.5 Å². The van der Waals surface area contributed by atoms with Crippen LogP contribution in [0.4, 0.5) is 0 Å². The molecule has 0 radical (unpaired) electrons. The van der Waals surface area contributed by atoms with Crippen LogP contribution in [0.15, 0.2) is 36.5 Å². The van der Waals surface area contributed by atoms with Gasteiger partial charge in [0.15, 0.2) is 0 Å². The Bertz CT molecular complexity index is 687. The molecule has 1 aliphatic rings. The Hall–Kier alpha value is -2.99. The van der Waals surface area contributed by atoms with E-state index in [1.807, 2.05) is 19.1 Å². The molecule has 118 valence electrons. The zero-order valence-corrected chi connectivity index (χ0v) is 13.1. The van der Waals surface area contributed by atoms with E-state index in [1.165, 1.54) is 12.1 Å². The number of nitriles is 2. The second kappa shape index (κ2) is 6.85. The minimum absolute atomic E-state index is 0.191. The smallest absolute Gasteiger partial charge is 0.250 e. The third-order valence-electron chi connectivity index (χ3n) is 4.00. The molecule has 6 nitrogen and oxygen atoms in total. The predicted molar refractivity (Wildman–Crippen MR) is 83.6 cm³/mol. The average Bonchev–Trinajstić information content (AvgIpc) is 2.86. The van der Waals surface area contributed by atoms with Gasteiger partial charge in [-0.1, -0.05) is 24.8 Å². The first-order chi connectivity index (χ1) is 11.1. The zero-order chi connectivity index (χ0) is 17.0. The molecule has 1 aromatic rings.